The molecule has 0 aliphatic carbocycles. The SMILES string of the molecule is CCCS(=O)(=O)CCOc1ccc(OC)cc1[B-](F)(F)F. The lowest BCUT2D eigenvalue weighted by molar-refractivity contribution is 0.340. The van der Waals surface area contributed by atoms with E-state index >= 15 is 0 Å². The number of hydrogen-bond donors (Lipinski definition) is 0. The highest BCUT2D eigenvalue weighted by atomic mass is 32.2. The van der Waals surface area contributed by atoms with Gasteiger partial charge in [-0.3, -0.25) is 0 Å². The minimum atomic E-state index is -5.27. The van der Waals surface area contributed by atoms with Gasteiger partial charge in [-0.25, -0.2) is 8.42 Å². The van der Waals surface area contributed by atoms with E-state index in [0.717, 1.165) is 12.1 Å². The molecule has 9 heteroatoms. The lowest BCUT2D eigenvalue weighted by Gasteiger charge is -2.20. The summed E-state index contributed by atoms with van der Waals surface area (Å²) in [7, 11) is -2.02. The number of hydrogen-bond acceptors (Lipinski definition) is 4. The molecule has 120 valence electrons. The van der Waals surface area contributed by atoms with Gasteiger partial charge in [-0.1, -0.05) is 12.4 Å². The summed E-state index contributed by atoms with van der Waals surface area (Å²) in [5.41, 5.74) is -0.928. The van der Waals surface area contributed by atoms with Crippen LogP contribution in [0, 0.1) is 0 Å². The highest BCUT2D eigenvalue weighted by molar-refractivity contribution is 7.91. The zero-order valence-electron chi connectivity index (χ0n) is 11.8. The smallest absolute Gasteiger partial charge is 0.497 e. The van der Waals surface area contributed by atoms with E-state index < -0.39 is 22.3 Å². The summed E-state index contributed by atoms with van der Waals surface area (Å²) in [6.07, 6.45) is 0.460. The van der Waals surface area contributed by atoms with E-state index in [-0.39, 0.29) is 29.6 Å². The molecule has 1 rings (SSSR count). The van der Waals surface area contributed by atoms with Crippen molar-refractivity contribution in [3.8, 4) is 11.5 Å². The van der Waals surface area contributed by atoms with Crippen LogP contribution in [-0.2, 0) is 9.84 Å². The Bertz CT molecular complexity index is 572. The Kier molecular flexibility index (Phi) is 5.94. The first kappa shape index (κ1) is 17.7. The lowest BCUT2D eigenvalue weighted by Crippen LogP contribution is -2.35. The van der Waals surface area contributed by atoms with Crippen LogP contribution in [0.2, 0.25) is 0 Å². The quantitative estimate of drug-likeness (QED) is 0.686. The van der Waals surface area contributed by atoms with Crippen LogP contribution in [0.25, 0.3) is 0 Å². The molecule has 0 fully saturated rings. The first-order valence-corrected chi connectivity index (χ1v) is 8.23. The van der Waals surface area contributed by atoms with Gasteiger partial charge in [-0.05, 0) is 24.6 Å². The van der Waals surface area contributed by atoms with E-state index in [4.69, 9.17) is 9.47 Å². The van der Waals surface area contributed by atoms with E-state index in [1.807, 2.05) is 0 Å². The molecule has 21 heavy (non-hydrogen) atoms. The fourth-order valence-electron chi connectivity index (χ4n) is 1.73. The number of benzene rings is 1. The zero-order valence-corrected chi connectivity index (χ0v) is 12.6. The van der Waals surface area contributed by atoms with Crippen LogP contribution in [0.1, 0.15) is 13.3 Å². The van der Waals surface area contributed by atoms with Crippen LogP contribution < -0.4 is 14.9 Å². The standard InChI is InChI=1S/C12H17BF3O4S/c1-3-7-21(17,18)8-6-20-12-5-4-10(19-2)9-11(12)13(14,15)16/h4-5,9H,3,6-8H2,1-2H3/q-1. The predicted octanol–water partition coefficient (Wildman–Crippen LogP) is 1.95. The second-order valence-electron chi connectivity index (χ2n) is 4.48. The average Bonchev–Trinajstić information content (AvgIpc) is 2.37. The fraction of sp³-hybridized carbons (Fsp3) is 0.500. The van der Waals surface area contributed by atoms with Gasteiger partial charge in [0.05, 0.1) is 24.4 Å². The third kappa shape index (κ3) is 5.49. The van der Waals surface area contributed by atoms with Crippen molar-refractivity contribution in [1.82, 2.24) is 0 Å². The first-order valence-electron chi connectivity index (χ1n) is 6.40. The van der Waals surface area contributed by atoms with Gasteiger partial charge in [0, 0.05) is 0 Å². The van der Waals surface area contributed by atoms with Crippen molar-refractivity contribution in [3.05, 3.63) is 18.2 Å². The first-order chi connectivity index (χ1) is 9.69. The van der Waals surface area contributed by atoms with Crippen molar-refractivity contribution < 1.29 is 30.8 Å². The molecule has 1 aromatic carbocycles. The Morgan fingerprint density at radius 2 is 1.86 bits per heavy atom. The topological polar surface area (TPSA) is 52.6 Å². The third-order valence-electron chi connectivity index (χ3n) is 2.74. The maximum Gasteiger partial charge on any atom is 0.513 e. The molecule has 0 amide bonds. The number of ether oxygens (including phenoxy) is 2. The molecule has 0 aliphatic heterocycles. The summed E-state index contributed by atoms with van der Waals surface area (Å²) in [4.78, 5) is 0. The second-order valence-corrected chi connectivity index (χ2v) is 6.78. The number of rotatable bonds is 8. The van der Waals surface area contributed by atoms with Gasteiger partial charge in [-0.15, -0.1) is 0 Å². The maximum atomic E-state index is 13.0. The fourth-order valence-corrected chi connectivity index (χ4v) is 2.90. The predicted molar refractivity (Wildman–Crippen MR) is 76.1 cm³/mol. The molecule has 0 atom stereocenters. The van der Waals surface area contributed by atoms with E-state index in [9.17, 15) is 21.4 Å². The Morgan fingerprint density at radius 1 is 1.19 bits per heavy atom. The van der Waals surface area contributed by atoms with Crippen molar-refractivity contribution in [3.63, 3.8) is 0 Å². The minimum Gasteiger partial charge on any atom is -0.497 e. The lowest BCUT2D eigenvalue weighted by atomic mass is 9.79. The summed E-state index contributed by atoms with van der Waals surface area (Å²) in [6.45, 7) is -3.87. The van der Waals surface area contributed by atoms with Crippen molar-refractivity contribution in [2.45, 2.75) is 13.3 Å². The largest absolute Gasteiger partial charge is 0.513 e. The number of halogens is 3. The summed E-state index contributed by atoms with van der Waals surface area (Å²) in [5.74, 6) is -0.628. The molecule has 0 aliphatic rings. The van der Waals surface area contributed by atoms with E-state index in [0.29, 0.717) is 6.42 Å². The second kappa shape index (κ2) is 7.06. The summed E-state index contributed by atoms with van der Waals surface area (Å²) in [5, 5.41) is 0. The van der Waals surface area contributed by atoms with Crippen LogP contribution in [0.4, 0.5) is 12.9 Å². The minimum absolute atomic E-state index is 0.00492. The Morgan fingerprint density at radius 3 is 2.38 bits per heavy atom. The Labute approximate surface area is 122 Å². The van der Waals surface area contributed by atoms with Crippen LogP contribution in [-0.4, -0.2) is 40.6 Å². The molecule has 4 nitrogen and oxygen atoms in total. The van der Waals surface area contributed by atoms with Crippen molar-refractivity contribution in [1.29, 1.82) is 0 Å². The number of sulfone groups is 1. The summed E-state index contributed by atoms with van der Waals surface area (Å²) in [6, 6.07) is 3.31. The normalized spacial score (nSPS) is 12.2. The van der Waals surface area contributed by atoms with Crippen molar-refractivity contribution in [2.75, 3.05) is 25.2 Å². The third-order valence-corrected chi connectivity index (χ3v) is 4.56. The molecule has 0 spiro atoms. The Hall–Kier alpha value is -1.38. The molecule has 0 radical (unpaired) electrons. The summed E-state index contributed by atoms with van der Waals surface area (Å²) >= 11 is 0. The highest BCUT2D eigenvalue weighted by Crippen LogP contribution is 2.22. The maximum absolute atomic E-state index is 13.0. The molecule has 0 saturated heterocycles. The highest BCUT2D eigenvalue weighted by Gasteiger charge is 2.30. The van der Waals surface area contributed by atoms with E-state index in [1.165, 1.54) is 13.2 Å². The molecule has 0 heterocycles. The molecular weight excluding hydrogens is 308 g/mol. The van der Waals surface area contributed by atoms with E-state index in [1.54, 1.807) is 6.92 Å². The monoisotopic (exact) mass is 325 g/mol. The average molecular weight is 325 g/mol. The van der Waals surface area contributed by atoms with Crippen LogP contribution in [0.15, 0.2) is 18.2 Å². The number of methoxy groups -OCH3 is 1. The Balaban J connectivity index is 2.84. The van der Waals surface area contributed by atoms with E-state index in [2.05, 4.69) is 0 Å². The molecule has 0 bridgehead atoms. The molecule has 0 saturated carbocycles. The van der Waals surface area contributed by atoms with Gasteiger partial charge < -0.3 is 22.4 Å². The van der Waals surface area contributed by atoms with Gasteiger partial charge in [-0.2, -0.15) is 0 Å². The van der Waals surface area contributed by atoms with Crippen LogP contribution in [0.3, 0.4) is 0 Å². The molecular formula is C12H17BF3O4S-. The molecule has 0 unspecified atom stereocenters. The molecule has 0 aromatic heterocycles. The molecule has 1 aromatic rings. The van der Waals surface area contributed by atoms with Gasteiger partial charge in [0.2, 0.25) is 0 Å². The van der Waals surface area contributed by atoms with Gasteiger partial charge in [0.25, 0.3) is 0 Å². The van der Waals surface area contributed by atoms with Crippen molar-refractivity contribution in [2.24, 2.45) is 0 Å². The van der Waals surface area contributed by atoms with Crippen LogP contribution in [0.5, 0.6) is 11.5 Å². The zero-order chi connectivity index (χ0) is 16.1. The van der Waals surface area contributed by atoms with Crippen LogP contribution >= 0.6 is 0 Å². The van der Waals surface area contributed by atoms with Crippen molar-refractivity contribution >= 4 is 22.3 Å². The summed E-state index contributed by atoms with van der Waals surface area (Å²) < 4.78 is 71.6. The van der Waals surface area contributed by atoms with Gasteiger partial charge in [0.15, 0.2) is 9.84 Å². The van der Waals surface area contributed by atoms with Gasteiger partial charge in [0.1, 0.15) is 12.4 Å². The van der Waals surface area contributed by atoms with Gasteiger partial charge >= 0.3 is 6.98 Å². The molecule has 0 N–H and O–H groups in total.